The van der Waals surface area contributed by atoms with Crippen molar-refractivity contribution >= 4 is 40.9 Å². The molecular formula is C28H28ClN5O5S. The molecule has 2 amide bonds. The van der Waals surface area contributed by atoms with Crippen LogP contribution in [-0.4, -0.2) is 52.7 Å². The number of aromatic nitrogens is 3. The van der Waals surface area contributed by atoms with E-state index in [-0.39, 0.29) is 30.7 Å². The maximum Gasteiger partial charge on any atom is 0.258 e. The maximum atomic E-state index is 12.7. The Morgan fingerprint density at radius 1 is 0.925 bits per heavy atom. The predicted octanol–water partition coefficient (Wildman–Crippen LogP) is 4.75. The number of methoxy groups -OCH3 is 1. The number of nitrogens with one attached hydrogen (secondary N) is 2. The molecule has 0 fully saturated rings. The molecular weight excluding hydrogens is 554 g/mol. The van der Waals surface area contributed by atoms with Crippen LogP contribution in [0.4, 0.5) is 5.69 Å². The third-order valence-electron chi connectivity index (χ3n) is 5.44. The summed E-state index contributed by atoms with van der Waals surface area (Å²) in [6.45, 7) is 2.37. The molecule has 0 aliphatic heterocycles. The zero-order valence-electron chi connectivity index (χ0n) is 21.9. The number of carbonyl (C=O) groups is 2. The number of amides is 2. The Morgan fingerprint density at radius 3 is 2.35 bits per heavy atom. The number of thioether (sulfide) groups is 1. The zero-order chi connectivity index (χ0) is 28.3. The first-order valence-electron chi connectivity index (χ1n) is 12.3. The molecule has 0 radical (unpaired) electrons. The second kappa shape index (κ2) is 14.2. The quantitative estimate of drug-likeness (QED) is 0.217. The molecule has 1 heterocycles. The van der Waals surface area contributed by atoms with Crippen molar-refractivity contribution in [2.75, 3.05) is 31.4 Å². The van der Waals surface area contributed by atoms with Gasteiger partial charge in [0.15, 0.2) is 17.6 Å². The van der Waals surface area contributed by atoms with E-state index in [1.54, 1.807) is 60.2 Å². The number of benzene rings is 3. The van der Waals surface area contributed by atoms with Crippen LogP contribution in [0.25, 0.3) is 5.69 Å². The van der Waals surface area contributed by atoms with E-state index in [1.165, 1.54) is 11.8 Å². The molecule has 4 aromatic rings. The van der Waals surface area contributed by atoms with Crippen molar-refractivity contribution in [3.8, 4) is 22.9 Å². The number of carbonyl (C=O) groups excluding carboxylic acids is 2. The summed E-state index contributed by atoms with van der Waals surface area (Å²) in [6, 6.07) is 21.2. The molecule has 4 rings (SSSR count). The van der Waals surface area contributed by atoms with Crippen LogP contribution in [0, 0.1) is 0 Å². The van der Waals surface area contributed by atoms with Gasteiger partial charge in [-0.15, -0.1) is 10.2 Å². The Labute approximate surface area is 241 Å². The number of halogens is 1. The molecule has 0 bridgehead atoms. The van der Waals surface area contributed by atoms with Crippen LogP contribution >= 0.6 is 23.4 Å². The Morgan fingerprint density at radius 2 is 1.62 bits per heavy atom. The van der Waals surface area contributed by atoms with Crippen LogP contribution in [0.3, 0.4) is 0 Å². The van der Waals surface area contributed by atoms with Crippen molar-refractivity contribution in [2.45, 2.75) is 18.6 Å². The van der Waals surface area contributed by atoms with Gasteiger partial charge in [0.1, 0.15) is 17.2 Å². The number of hydrogen-bond donors (Lipinski definition) is 2. The van der Waals surface area contributed by atoms with Gasteiger partial charge in [0, 0.05) is 10.7 Å². The van der Waals surface area contributed by atoms with Crippen LogP contribution in [0.5, 0.6) is 17.2 Å². The number of anilines is 1. The number of ether oxygens (including phenoxy) is 3. The van der Waals surface area contributed by atoms with E-state index in [4.69, 9.17) is 25.8 Å². The van der Waals surface area contributed by atoms with Crippen LogP contribution in [0.1, 0.15) is 12.7 Å². The lowest BCUT2D eigenvalue weighted by Gasteiger charge is -2.14. The number of hydrogen-bond acceptors (Lipinski definition) is 8. The molecule has 0 aliphatic rings. The molecule has 3 aromatic carbocycles. The molecule has 10 nitrogen and oxygen atoms in total. The normalized spacial score (nSPS) is 10.6. The van der Waals surface area contributed by atoms with Crippen LogP contribution in [-0.2, 0) is 16.1 Å². The van der Waals surface area contributed by atoms with Gasteiger partial charge in [-0.2, -0.15) is 0 Å². The van der Waals surface area contributed by atoms with Gasteiger partial charge in [-0.25, -0.2) is 0 Å². The highest BCUT2D eigenvalue weighted by molar-refractivity contribution is 7.99. The van der Waals surface area contributed by atoms with Gasteiger partial charge in [-0.3, -0.25) is 14.2 Å². The fraction of sp³-hybridized carbons (Fsp3) is 0.214. The SMILES string of the molecule is CCOc1ccc(NC(=O)CSc2nnc(CNC(=O)COc3ccc(Cl)cc3)n2-c2ccccc2OC)cc1. The highest BCUT2D eigenvalue weighted by atomic mass is 35.5. The minimum Gasteiger partial charge on any atom is -0.495 e. The van der Waals surface area contributed by atoms with Crippen molar-refractivity contribution in [3.63, 3.8) is 0 Å². The zero-order valence-corrected chi connectivity index (χ0v) is 23.5. The van der Waals surface area contributed by atoms with E-state index in [0.29, 0.717) is 45.5 Å². The van der Waals surface area contributed by atoms with Gasteiger partial charge in [-0.05, 0) is 67.6 Å². The van der Waals surface area contributed by atoms with Gasteiger partial charge in [0.25, 0.3) is 5.91 Å². The molecule has 0 aliphatic carbocycles. The molecule has 40 heavy (non-hydrogen) atoms. The summed E-state index contributed by atoms with van der Waals surface area (Å²) >= 11 is 7.10. The van der Waals surface area contributed by atoms with Crippen molar-refractivity contribution in [1.29, 1.82) is 0 Å². The Hall–Kier alpha value is -4.22. The number of para-hydroxylation sites is 2. The monoisotopic (exact) mass is 581 g/mol. The molecule has 0 saturated heterocycles. The second-order valence-corrected chi connectivity index (χ2v) is 9.60. The first kappa shape index (κ1) is 28.8. The van der Waals surface area contributed by atoms with Crippen molar-refractivity contribution in [2.24, 2.45) is 0 Å². The molecule has 12 heteroatoms. The van der Waals surface area contributed by atoms with Crippen LogP contribution in [0.15, 0.2) is 78.0 Å². The van der Waals surface area contributed by atoms with E-state index in [1.807, 2.05) is 31.2 Å². The van der Waals surface area contributed by atoms with Gasteiger partial charge in [0.05, 0.1) is 31.7 Å². The molecule has 0 spiro atoms. The molecule has 0 atom stereocenters. The maximum absolute atomic E-state index is 12.7. The summed E-state index contributed by atoms with van der Waals surface area (Å²) in [6.07, 6.45) is 0. The minimum atomic E-state index is -0.339. The summed E-state index contributed by atoms with van der Waals surface area (Å²) in [5, 5.41) is 15.3. The van der Waals surface area contributed by atoms with Gasteiger partial charge in [0.2, 0.25) is 5.91 Å². The molecule has 0 saturated carbocycles. The summed E-state index contributed by atoms with van der Waals surface area (Å²) in [4.78, 5) is 25.1. The fourth-order valence-corrected chi connectivity index (χ4v) is 4.49. The smallest absolute Gasteiger partial charge is 0.258 e. The van der Waals surface area contributed by atoms with Gasteiger partial charge in [-0.1, -0.05) is 35.5 Å². The summed E-state index contributed by atoms with van der Waals surface area (Å²) in [5.41, 5.74) is 1.33. The van der Waals surface area contributed by atoms with Gasteiger partial charge >= 0.3 is 0 Å². The lowest BCUT2D eigenvalue weighted by molar-refractivity contribution is -0.123. The lowest BCUT2D eigenvalue weighted by Crippen LogP contribution is -2.29. The third kappa shape index (κ3) is 7.90. The Balaban J connectivity index is 1.43. The highest BCUT2D eigenvalue weighted by Gasteiger charge is 2.19. The van der Waals surface area contributed by atoms with Crippen molar-refractivity contribution in [3.05, 3.63) is 83.6 Å². The molecule has 1 aromatic heterocycles. The first-order chi connectivity index (χ1) is 19.5. The summed E-state index contributed by atoms with van der Waals surface area (Å²) in [5.74, 6) is 1.84. The van der Waals surface area contributed by atoms with Gasteiger partial charge < -0.3 is 24.8 Å². The van der Waals surface area contributed by atoms with E-state index >= 15 is 0 Å². The predicted molar refractivity (Wildman–Crippen MR) is 154 cm³/mol. The second-order valence-electron chi connectivity index (χ2n) is 8.22. The first-order valence-corrected chi connectivity index (χ1v) is 13.7. The number of rotatable bonds is 13. The standard InChI is InChI=1S/C28H28ClN5O5S/c1-3-38-21-14-10-20(11-15-21)31-27(36)18-40-28-33-32-25(34(28)23-6-4-5-7-24(23)37-2)16-30-26(35)17-39-22-12-8-19(29)9-13-22/h4-15H,3,16-18H2,1-2H3,(H,30,35)(H,31,36). The van der Waals surface area contributed by atoms with E-state index in [0.717, 1.165) is 5.75 Å². The average molecular weight is 582 g/mol. The van der Waals surface area contributed by atoms with Crippen LogP contribution < -0.4 is 24.8 Å². The summed E-state index contributed by atoms with van der Waals surface area (Å²) in [7, 11) is 1.57. The Kier molecular flexibility index (Phi) is 10.3. The molecule has 0 unspecified atom stereocenters. The number of nitrogens with zero attached hydrogens (tertiary/aromatic N) is 3. The van der Waals surface area contributed by atoms with E-state index < -0.39 is 0 Å². The lowest BCUT2D eigenvalue weighted by atomic mass is 10.3. The van der Waals surface area contributed by atoms with E-state index in [9.17, 15) is 9.59 Å². The molecule has 208 valence electrons. The van der Waals surface area contributed by atoms with E-state index in [2.05, 4.69) is 20.8 Å². The largest absolute Gasteiger partial charge is 0.495 e. The molecule has 2 N–H and O–H groups in total. The van der Waals surface area contributed by atoms with Crippen LogP contribution in [0.2, 0.25) is 5.02 Å². The topological polar surface area (TPSA) is 117 Å². The van der Waals surface area contributed by atoms with Crippen molar-refractivity contribution < 1.29 is 23.8 Å². The van der Waals surface area contributed by atoms with Crippen molar-refractivity contribution in [1.82, 2.24) is 20.1 Å². The minimum absolute atomic E-state index is 0.0762. The third-order valence-corrected chi connectivity index (χ3v) is 6.62. The fourth-order valence-electron chi connectivity index (χ4n) is 3.60. The highest BCUT2D eigenvalue weighted by Crippen LogP contribution is 2.29. The average Bonchev–Trinajstić information content (AvgIpc) is 3.38. The Bertz CT molecular complexity index is 1430. The summed E-state index contributed by atoms with van der Waals surface area (Å²) < 4.78 is 18.2.